The zero-order valence-electron chi connectivity index (χ0n) is 10.4. The van der Waals surface area contributed by atoms with Gasteiger partial charge >= 0.3 is 0 Å². The fourth-order valence-electron chi connectivity index (χ4n) is 2.04. The third-order valence-corrected chi connectivity index (χ3v) is 3.29. The molecule has 1 saturated heterocycles. The van der Waals surface area contributed by atoms with Crippen LogP contribution in [0.3, 0.4) is 0 Å². The predicted molar refractivity (Wildman–Crippen MR) is 72.5 cm³/mol. The molecule has 2 rings (SSSR count). The molecule has 0 saturated carbocycles. The van der Waals surface area contributed by atoms with Gasteiger partial charge in [-0.25, -0.2) is 0 Å². The first kappa shape index (κ1) is 13.2. The number of carbonyl (C=O) groups is 1. The Balaban J connectivity index is 2.22. The summed E-state index contributed by atoms with van der Waals surface area (Å²) in [6.45, 7) is 2.39. The van der Waals surface area contributed by atoms with E-state index in [2.05, 4.69) is 5.32 Å². The Kier molecular flexibility index (Phi) is 4.44. The van der Waals surface area contributed by atoms with Crippen LogP contribution in [-0.2, 0) is 4.79 Å². The van der Waals surface area contributed by atoms with Gasteiger partial charge in [0.25, 0.3) is 0 Å². The van der Waals surface area contributed by atoms with Crippen molar-refractivity contribution >= 4 is 23.2 Å². The van der Waals surface area contributed by atoms with Gasteiger partial charge in [-0.05, 0) is 31.2 Å². The number of nitrogens with one attached hydrogen (secondary N) is 1. The number of rotatable bonds is 2. The lowest BCUT2D eigenvalue weighted by molar-refractivity contribution is -0.118. The van der Waals surface area contributed by atoms with Crippen LogP contribution in [0, 0.1) is 0 Å². The maximum atomic E-state index is 12.0. The Morgan fingerprint density at radius 2 is 2.22 bits per heavy atom. The zero-order chi connectivity index (χ0) is 13.0. The van der Waals surface area contributed by atoms with Crippen LogP contribution >= 0.6 is 11.6 Å². The van der Waals surface area contributed by atoms with E-state index in [4.69, 9.17) is 16.3 Å². The predicted octanol–water partition coefficient (Wildman–Crippen LogP) is 2.06. The van der Waals surface area contributed by atoms with Crippen LogP contribution in [0.5, 0.6) is 5.75 Å². The second-order valence-electron chi connectivity index (χ2n) is 4.22. The van der Waals surface area contributed by atoms with Crippen molar-refractivity contribution < 1.29 is 9.53 Å². The molecule has 1 aliphatic rings. The summed E-state index contributed by atoms with van der Waals surface area (Å²) in [6, 6.07) is 5.45. The average molecular weight is 269 g/mol. The zero-order valence-corrected chi connectivity index (χ0v) is 11.2. The van der Waals surface area contributed by atoms with E-state index in [1.165, 1.54) is 0 Å². The molecular formula is C13H17ClN2O2. The van der Waals surface area contributed by atoms with Crippen molar-refractivity contribution in [2.75, 3.05) is 31.6 Å². The topological polar surface area (TPSA) is 41.6 Å². The molecule has 0 aromatic heterocycles. The molecule has 1 fully saturated rings. The molecule has 1 heterocycles. The highest BCUT2D eigenvalue weighted by Gasteiger charge is 2.17. The first-order valence-electron chi connectivity index (χ1n) is 6.07. The number of hydrogen-bond donors (Lipinski definition) is 1. The highest BCUT2D eigenvalue weighted by Crippen LogP contribution is 2.29. The molecule has 5 heteroatoms. The molecule has 18 heavy (non-hydrogen) atoms. The monoisotopic (exact) mass is 268 g/mol. The molecule has 0 unspecified atom stereocenters. The van der Waals surface area contributed by atoms with E-state index in [0.717, 1.165) is 25.2 Å². The molecule has 0 aliphatic carbocycles. The maximum absolute atomic E-state index is 12.0. The van der Waals surface area contributed by atoms with Gasteiger partial charge in [0.15, 0.2) is 0 Å². The lowest BCUT2D eigenvalue weighted by Gasteiger charge is -2.25. The molecule has 1 amide bonds. The molecule has 0 atom stereocenters. The second-order valence-corrected chi connectivity index (χ2v) is 4.62. The molecule has 98 valence electrons. The number of anilines is 1. The molecule has 4 nitrogen and oxygen atoms in total. The molecule has 1 aromatic carbocycles. The molecule has 0 bridgehead atoms. The van der Waals surface area contributed by atoms with Gasteiger partial charge in [0.1, 0.15) is 5.75 Å². The highest BCUT2D eigenvalue weighted by atomic mass is 35.5. The largest absolute Gasteiger partial charge is 0.495 e. The van der Waals surface area contributed by atoms with Crippen molar-refractivity contribution in [2.45, 2.75) is 12.8 Å². The Labute approximate surface area is 112 Å². The third kappa shape index (κ3) is 2.94. The standard InChI is InChI=1S/C13H17ClN2O2/c1-18-12-4-3-10(9-11(12)14)16-8-2-6-15-7-5-13(16)17/h3-4,9,15H,2,5-8H2,1H3. The van der Waals surface area contributed by atoms with Gasteiger partial charge in [-0.3, -0.25) is 4.79 Å². The summed E-state index contributed by atoms with van der Waals surface area (Å²) in [6.07, 6.45) is 1.46. The lowest BCUT2D eigenvalue weighted by Crippen LogP contribution is -2.38. The fraction of sp³-hybridized carbons (Fsp3) is 0.462. The number of carbonyl (C=O) groups excluding carboxylic acids is 1. The number of nitrogens with zero attached hydrogens (tertiary/aromatic N) is 1. The summed E-state index contributed by atoms with van der Waals surface area (Å²) in [5.74, 6) is 0.755. The van der Waals surface area contributed by atoms with Crippen LogP contribution in [-0.4, -0.2) is 32.7 Å². The van der Waals surface area contributed by atoms with E-state index < -0.39 is 0 Å². The molecule has 1 N–H and O–H groups in total. The number of ether oxygens (including phenoxy) is 1. The van der Waals surface area contributed by atoms with E-state index in [1.54, 1.807) is 24.1 Å². The fourth-order valence-corrected chi connectivity index (χ4v) is 2.29. The smallest absolute Gasteiger partial charge is 0.228 e. The molecule has 0 spiro atoms. The van der Waals surface area contributed by atoms with Crippen LogP contribution in [0.15, 0.2) is 18.2 Å². The van der Waals surface area contributed by atoms with Gasteiger partial charge in [0.05, 0.1) is 12.1 Å². The van der Waals surface area contributed by atoms with E-state index in [9.17, 15) is 4.79 Å². The number of amides is 1. The maximum Gasteiger partial charge on any atom is 0.228 e. The number of halogens is 1. The summed E-state index contributed by atoms with van der Waals surface area (Å²) in [7, 11) is 1.58. The number of methoxy groups -OCH3 is 1. The first-order chi connectivity index (χ1) is 8.72. The SMILES string of the molecule is COc1ccc(N2CCCNCCC2=O)cc1Cl. The normalized spacial score (nSPS) is 17.2. The van der Waals surface area contributed by atoms with Crippen molar-refractivity contribution in [2.24, 2.45) is 0 Å². The molecule has 1 aromatic rings. The molecule has 0 radical (unpaired) electrons. The van der Waals surface area contributed by atoms with E-state index in [0.29, 0.717) is 23.7 Å². The van der Waals surface area contributed by atoms with Crippen LogP contribution in [0.1, 0.15) is 12.8 Å². The van der Waals surface area contributed by atoms with Crippen molar-refractivity contribution in [1.82, 2.24) is 5.32 Å². The minimum Gasteiger partial charge on any atom is -0.495 e. The van der Waals surface area contributed by atoms with Crippen LogP contribution in [0.4, 0.5) is 5.69 Å². The highest BCUT2D eigenvalue weighted by molar-refractivity contribution is 6.32. The Morgan fingerprint density at radius 1 is 1.39 bits per heavy atom. The van der Waals surface area contributed by atoms with E-state index in [1.807, 2.05) is 6.07 Å². The van der Waals surface area contributed by atoms with Crippen LogP contribution in [0.2, 0.25) is 5.02 Å². The molecular weight excluding hydrogens is 252 g/mol. The Morgan fingerprint density at radius 3 is 2.94 bits per heavy atom. The van der Waals surface area contributed by atoms with Crippen LogP contribution in [0.25, 0.3) is 0 Å². The summed E-state index contributed by atoms with van der Waals surface area (Å²) in [5, 5.41) is 3.76. The minimum atomic E-state index is 0.128. The summed E-state index contributed by atoms with van der Waals surface area (Å²) in [4.78, 5) is 13.8. The van der Waals surface area contributed by atoms with Crippen LogP contribution < -0.4 is 15.0 Å². The van der Waals surface area contributed by atoms with Crippen molar-refractivity contribution in [1.29, 1.82) is 0 Å². The second kappa shape index (κ2) is 6.07. The first-order valence-corrected chi connectivity index (χ1v) is 6.45. The van der Waals surface area contributed by atoms with Gasteiger partial charge < -0.3 is 15.0 Å². The quantitative estimate of drug-likeness (QED) is 0.893. The van der Waals surface area contributed by atoms with E-state index >= 15 is 0 Å². The van der Waals surface area contributed by atoms with Gasteiger partial charge in [-0.15, -0.1) is 0 Å². The van der Waals surface area contributed by atoms with Crippen molar-refractivity contribution in [3.63, 3.8) is 0 Å². The van der Waals surface area contributed by atoms with Gasteiger partial charge in [-0.2, -0.15) is 0 Å². The summed E-state index contributed by atoms with van der Waals surface area (Å²) < 4.78 is 5.11. The Hall–Kier alpha value is -1.26. The van der Waals surface area contributed by atoms with Gasteiger partial charge in [-0.1, -0.05) is 11.6 Å². The lowest BCUT2D eigenvalue weighted by atomic mass is 10.2. The molecule has 1 aliphatic heterocycles. The third-order valence-electron chi connectivity index (χ3n) is 3.00. The van der Waals surface area contributed by atoms with Gasteiger partial charge in [0.2, 0.25) is 5.91 Å². The van der Waals surface area contributed by atoms with Gasteiger partial charge in [0, 0.05) is 25.2 Å². The number of hydrogen-bond acceptors (Lipinski definition) is 3. The van der Waals surface area contributed by atoms with Crippen molar-refractivity contribution in [3.05, 3.63) is 23.2 Å². The summed E-state index contributed by atoms with van der Waals surface area (Å²) >= 11 is 6.09. The summed E-state index contributed by atoms with van der Waals surface area (Å²) in [5.41, 5.74) is 0.840. The average Bonchev–Trinajstić information content (AvgIpc) is 2.34. The Bertz CT molecular complexity index is 437. The van der Waals surface area contributed by atoms with Crippen molar-refractivity contribution in [3.8, 4) is 5.75 Å². The number of benzene rings is 1. The minimum absolute atomic E-state index is 0.128. The van der Waals surface area contributed by atoms with E-state index in [-0.39, 0.29) is 5.91 Å².